The van der Waals surface area contributed by atoms with E-state index in [1.165, 1.54) is 6.26 Å². The Morgan fingerprint density at radius 2 is 2.20 bits per heavy atom. The predicted octanol–water partition coefficient (Wildman–Crippen LogP) is 1.99. The molecule has 6 nitrogen and oxygen atoms in total. The molecule has 1 saturated heterocycles. The normalized spacial score (nSPS) is 22.8. The molecule has 2 heterocycles. The summed E-state index contributed by atoms with van der Waals surface area (Å²) in [7, 11) is 0. The van der Waals surface area contributed by atoms with Crippen LogP contribution in [0, 0.1) is 16.7 Å². The minimum Gasteiger partial charge on any atom is -0.466 e. The summed E-state index contributed by atoms with van der Waals surface area (Å²) in [6.07, 6.45) is 1.89. The van der Waals surface area contributed by atoms with E-state index in [9.17, 15) is 9.59 Å². The van der Waals surface area contributed by atoms with Crippen molar-refractivity contribution in [3.8, 4) is 6.07 Å². The van der Waals surface area contributed by atoms with Crippen molar-refractivity contribution in [3.05, 3.63) is 24.2 Å². The molecule has 1 N–H and O–H groups in total. The largest absolute Gasteiger partial charge is 0.466 e. The van der Waals surface area contributed by atoms with E-state index in [1.807, 2.05) is 0 Å². The van der Waals surface area contributed by atoms with Crippen LogP contribution < -0.4 is 5.32 Å². The zero-order chi connectivity index (χ0) is 15.0. The molecule has 1 unspecified atom stereocenters. The van der Waals surface area contributed by atoms with E-state index in [-0.39, 0.29) is 12.5 Å². The molecule has 0 saturated carbocycles. The number of carbonyl (C=O) groups is 2. The highest BCUT2D eigenvalue weighted by molar-refractivity contribution is 6.06. The van der Waals surface area contributed by atoms with Crippen molar-refractivity contribution in [2.75, 3.05) is 6.54 Å². The molecule has 6 heteroatoms. The van der Waals surface area contributed by atoms with Crippen LogP contribution in [0.3, 0.4) is 0 Å². The Bertz CT molecular complexity index is 571. The molecule has 1 aliphatic rings. The average molecular weight is 275 g/mol. The van der Waals surface area contributed by atoms with Gasteiger partial charge < -0.3 is 9.73 Å². The standard InChI is InChI=1S/C14H17N3O3/c1-13(2,9-15)6-7-17-11(18)14(3,16-12(17)19)10-5-4-8-20-10/h4-5,8H,6-7H2,1-3H3,(H,16,19). The molecule has 0 aliphatic carbocycles. The summed E-state index contributed by atoms with van der Waals surface area (Å²) in [6, 6.07) is 5.02. The van der Waals surface area contributed by atoms with Crippen LogP contribution in [-0.2, 0) is 10.3 Å². The van der Waals surface area contributed by atoms with E-state index in [2.05, 4.69) is 11.4 Å². The van der Waals surface area contributed by atoms with Crippen LogP contribution >= 0.6 is 0 Å². The van der Waals surface area contributed by atoms with Crippen LogP contribution in [0.4, 0.5) is 4.79 Å². The second-order valence-electron chi connectivity index (χ2n) is 5.73. The van der Waals surface area contributed by atoms with Gasteiger partial charge in [-0.15, -0.1) is 0 Å². The summed E-state index contributed by atoms with van der Waals surface area (Å²) in [6.45, 7) is 5.37. The van der Waals surface area contributed by atoms with Crippen LogP contribution in [-0.4, -0.2) is 23.4 Å². The number of carbonyl (C=O) groups excluding carboxylic acids is 2. The molecule has 0 radical (unpaired) electrons. The average Bonchev–Trinajstić information content (AvgIpc) is 2.98. The van der Waals surface area contributed by atoms with Gasteiger partial charge in [0, 0.05) is 6.54 Å². The fourth-order valence-corrected chi connectivity index (χ4v) is 2.08. The minimum absolute atomic E-state index is 0.210. The van der Waals surface area contributed by atoms with Crippen molar-refractivity contribution in [2.24, 2.45) is 5.41 Å². The number of rotatable bonds is 4. The lowest BCUT2D eigenvalue weighted by atomic mass is 9.91. The predicted molar refractivity (Wildman–Crippen MR) is 70.3 cm³/mol. The monoisotopic (exact) mass is 275 g/mol. The van der Waals surface area contributed by atoms with Crippen molar-refractivity contribution in [2.45, 2.75) is 32.7 Å². The third-order valence-corrected chi connectivity index (χ3v) is 3.55. The fourth-order valence-electron chi connectivity index (χ4n) is 2.08. The van der Waals surface area contributed by atoms with Gasteiger partial charge in [0.1, 0.15) is 5.76 Å². The second kappa shape index (κ2) is 4.67. The highest BCUT2D eigenvalue weighted by atomic mass is 16.3. The number of urea groups is 1. The zero-order valence-electron chi connectivity index (χ0n) is 11.8. The van der Waals surface area contributed by atoms with Gasteiger partial charge >= 0.3 is 6.03 Å². The number of nitrogens with one attached hydrogen (secondary N) is 1. The Labute approximate surface area is 117 Å². The maximum atomic E-state index is 12.4. The van der Waals surface area contributed by atoms with E-state index in [4.69, 9.17) is 9.68 Å². The number of nitrogens with zero attached hydrogens (tertiary/aromatic N) is 2. The Morgan fingerprint density at radius 1 is 1.50 bits per heavy atom. The van der Waals surface area contributed by atoms with Crippen molar-refractivity contribution in [3.63, 3.8) is 0 Å². The molecule has 1 atom stereocenters. The molecule has 2 rings (SSSR count). The molecule has 1 aliphatic heterocycles. The summed E-state index contributed by atoms with van der Waals surface area (Å²) in [4.78, 5) is 25.6. The summed E-state index contributed by atoms with van der Waals surface area (Å²) in [5.41, 5.74) is -1.75. The van der Waals surface area contributed by atoms with Crippen LogP contribution in [0.5, 0.6) is 0 Å². The van der Waals surface area contributed by atoms with Crippen molar-refractivity contribution < 1.29 is 14.0 Å². The number of furan rings is 1. The lowest BCUT2D eigenvalue weighted by Crippen LogP contribution is -2.40. The molecule has 106 valence electrons. The first-order valence-electron chi connectivity index (χ1n) is 6.39. The van der Waals surface area contributed by atoms with Gasteiger partial charge in [0.15, 0.2) is 5.54 Å². The number of hydrogen-bond acceptors (Lipinski definition) is 4. The Hall–Kier alpha value is -2.29. The third kappa shape index (κ3) is 2.27. The number of imide groups is 1. The van der Waals surface area contributed by atoms with Gasteiger partial charge in [-0.3, -0.25) is 9.69 Å². The molecular weight excluding hydrogens is 258 g/mol. The van der Waals surface area contributed by atoms with Gasteiger partial charge in [-0.05, 0) is 39.3 Å². The SMILES string of the molecule is CC(C)(C#N)CCN1C(=O)NC(C)(c2ccco2)C1=O. The molecule has 1 fully saturated rings. The van der Waals surface area contributed by atoms with E-state index < -0.39 is 17.0 Å². The first-order chi connectivity index (χ1) is 9.30. The number of hydrogen-bond donors (Lipinski definition) is 1. The first-order valence-corrected chi connectivity index (χ1v) is 6.39. The quantitative estimate of drug-likeness (QED) is 0.851. The molecule has 0 bridgehead atoms. The number of nitriles is 1. The minimum atomic E-state index is -1.17. The zero-order valence-corrected chi connectivity index (χ0v) is 11.8. The lowest BCUT2D eigenvalue weighted by Gasteiger charge is -2.21. The molecular formula is C14H17N3O3. The highest BCUT2D eigenvalue weighted by Crippen LogP contribution is 2.30. The van der Waals surface area contributed by atoms with Crippen molar-refractivity contribution >= 4 is 11.9 Å². The maximum Gasteiger partial charge on any atom is 0.325 e. The maximum absolute atomic E-state index is 12.4. The van der Waals surface area contributed by atoms with Crippen molar-refractivity contribution in [1.82, 2.24) is 10.2 Å². The Kier molecular flexibility index (Phi) is 3.30. The van der Waals surface area contributed by atoms with Gasteiger partial charge in [0.25, 0.3) is 5.91 Å². The Morgan fingerprint density at radius 3 is 2.75 bits per heavy atom. The third-order valence-electron chi connectivity index (χ3n) is 3.55. The topological polar surface area (TPSA) is 86.3 Å². The smallest absolute Gasteiger partial charge is 0.325 e. The van der Waals surface area contributed by atoms with Crippen molar-refractivity contribution in [1.29, 1.82) is 5.26 Å². The molecule has 0 spiro atoms. The van der Waals surface area contributed by atoms with Crippen LogP contribution in [0.15, 0.2) is 22.8 Å². The molecule has 0 aromatic carbocycles. The molecule has 20 heavy (non-hydrogen) atoms. The van der Waals surface area contributed by atoms with Gasteiger partial charge in [-0.2, -0.15) is 5.26 Å². The summed E-state index contributed by atoms with van der Waals surface area (Å²) in [5.74, 6) is 0.0454. The summed E-state index contributed by atoms with van der Waals surface area (Å²) >= 11 is 0. The van der Waals surface area contributed by atoms with E-state index in [1.54, 1.807) is 32.9 Å². The fraction of sp³-hybridized carbons (Fsp3) is 0.500. The van der Waals surface area contributed by atoms with Gasteiger partial charge in [-0.25, -0.2) is 4.79 Å². The lowest BCUT2D eigenvalue weighted by molar-refractivity contribution is -0.131. The first kappa shape index (κ1) is 14.1. The van der Waals surface area contributed by atoms with E-state index in [0.717, 1.165) is 4.90 Å². The summed E-state index contributed by atoms with van der Waals surface area (Å²) < 4.78 is 5.24. The number of amides is 3. The summed E-state index contributed by atoms with van der Waals surface area (Å²) in [5, 5.41) is 11.6. The van der Waals surface area contributed by atoms with Gasteiger partial charge in [0.2, 0.25) is 0 Å². The molecule has 1 aromatic rings. The highest BCUT2D eigenvalue weighted by Gasteiger charge is 2.50. The van der Waals surface area contributed by atoms with E-state index in [0.29, 0.717) is 12.2 Å². The van der Waals surface area contributed by atoms with Gasteiger partial charge in [0.05, 0.1) is 17.7 Å². The molecule has 3 amide bonds. The van der Waals surface area contributed by atoms with Crippen LogP contribution in [0.25, 0.3) is 0 Å². The second-order valence-corrected chi connectivity index (χ2v) is 5.73. The van der Waals surface area contributed by atoms with E-state index >= 15 is 0 Å². The van der Waals surface area contributed by atoms with Gasteiger partial charge in [-0.1, -0.05) is 0 Å². The van der Waals surface area contributed by atoms with Crippen LogP contribution in [0.2, 0.25) is 0 Å². The molecule has 1 aromatic heterocycles. The van der Waals surface area contributed by atoms with Crippen LogP contribution in [0.1, 0.15) is 33.0 Å². The Balaban J connectivity index is 2.16.